The van der Waals surface area contributed by atoms with Crippen molar-refractivity contribution in [3.63, 3.8) is 0 Å². The van der Waals surface area contributed by atoms with Gasteiger partial charge in [-0.1, -0.05) is 25.9 Å². The molecule has 1 unspecified atom stereocenters. The summed E-state index contributed by atoms with van der Waals surface area (Å²) < 4.78 is 5.54. The highest BCUT2D eigenvalue weighted by atomic mass is 16.4. The van der Waals surface area contributed by atoms with Crippen molar-refractivity contribution in [1.29, 1.82) is 0 Å². The van der Waals surface area contributed by atoms with E-state index < -0.39 is 0 Å². The molecule has 0 spiro atoms. The zero-order chi connectivity index (χ0) is 12.0. The smallest absolute Gasteiger partial charge is 0.315 e. The van der Waals surface area contributed by atoms with Gasteiger partial charge in [0.1, 0.15) is 0 Å². The highest BCUT2D eigenvalue weighted by molar-refractivity contribution is 5.19. The molecule has 1 aromatic heterocycles. The number of rotatable bonds is 7. The summed E-state index contributed by atoms with van der Waals surface area (Å²) in [4.78, 5) is 0. The van der Waals surface area contributed by atoms with Crippen LogP contribution in [0.2, 0.25) is 0 Å². The topological polar surface area (TPSA) is 63.0 Å². The van der Waals surface area contributed by atoms with E-state index in [1.165, 1.54) is 0 Å². The molecule has 2 N–H and O–H groups in total. The molecule has 0 bridgehead atoms. The summed E-state index contributed by atoms with van der Waals surface area (Å²) in [6.07, 6.45) is 2.11. The normalized spacial score (nSPS) is 13.1. The maximum absolute atomic E-state index is 5.54. The fourth-order valence-electron chi connectivity index (χ4n) is 1.53. The van der Waals surface area contributed by atoms with Crippen molar-refractivity contribution >= 4 is 6.01 Å². The highest BCUT2D eigenvalue weighted by Gasteiger charge is 2.14. The molecule has 0 aliphatic carbocycles. The molecule has 5 nitrogen and oxygen atoms in total. The van der Waals surface area contributed by atoms with Crippen LogP contribution in [0.15, 0.2) is 4.42 Å². The molecule has 0 aliphatic heterocycles. The van der Waals surface area contributed by atoms with E-state index in [4.69, 9.17) is 4.42 Å². The zero-order valence-corrected chi connectivity index (χ0v) is 10.6. The highest BCUT2D eigenvalue weighted by Crippen LogP contribution is 2.15. The van der Waals surface area contributed by atoms with Gasteiger partial charge in [-0.2, -0.15) is 0 Å². The number of aromatic nitrogens is 2. The lowest BCUT2D eigenvalue weighted by atomic mass is 10.2. The first kappa shape index (κ1) is 13.0. The Morgan fingerprint density at radius 2 is 1.88 bits per heavy atom. The van der Waals surface area contributed by atoms with Crippen LogP contribution in [0.5, 0.6) is 0 Å². The molecule has 0 amide bonds. The Kier molecular flexibility index (Phi) is 5.25. The van der Waals surface area contributed by atoms with Crippen molar-refractivity contribution in [2.75, 3.05) is 11.9 Å². The van der Waals surface area contributed by atoms with Gasteiger partial charge in [0.25, 0.3) is 0 Å². The molecule has 1 aromatic rings. The van der Waals surface area contributed by atoms with Crippen molar-refractivity contribution in [1.82, 2.24) is 15.5 Å². The van der Waals surface area contributed by atoms with Gasteiger partial charge in [-0.3, -0.25) is 0 Å². The van der Waals surface area contributed by atoms with Crippen LogP contribution >= 0.6 is 0 Å². The molecule has 1 rings (SSSR count). The van der Waals surface area contributed by atoms with Crippen molar-refractivity contribution in [2.24, 2.45) is 0 Å². The van der Waals surface area contributed by atoms with Crippen LogP contribution in [0, 0.1) is 0 Å². The Hall–Kier alpha value is -1.10. The molecule has 1 heterocycles. The molecule has 16 heavy (non-hydrogen) atoms. The molecule has 92 valence electrons. The predicted octanol–water partition coefficient (Wildman–Crippen LogP) is 2.34. The summed E-state index contributed by atoms with van der Waals surface area (Å²) >= 11 is 0. The van der Waals surface area contributed by atoms with E-state index >= 15 is 0 Å². The van der Waals surface area contributed by atoms with E-state index in [1.807, 2.05) is 6.92 Å². The summed E-state index contributed by atoms with van der Waals surface area (Å²) in [7, 11) is 0. The van der Waals surface area contributed by atoms with Gasteiger partial charge in [0.2, 0.25) is 5.89 Å². The largest absolute Gasteiger partial charge is 0.406 e. The first-order valence-corrected chi connectivity index (χ1v) is 6.04. The average molecular weight is 226 g/mol. The Bertz CT molecular complexity index is 296. The van der Waals surface area contributed by atoms with Crippen LogP contribution in [0.25, 0.3) is 0 Å². The monoisotopic (exact) mass is 226 g/mol. The fraction of sp³-hybridized carbons (Fsp3) is 0.818. The predicted molar refractivity (Wildman–Crippen MR) is 64.4 cm³/mol. The van der Waals surface area contributed by atoms with Gasteiger partial charge in [-0.25, -0.2) is 0 Å². The molecule has 0 saturated heterocycles. The number of hydrogen-bond donors (Lipinski definition) is 2. The average Bonchev–Trinajstić information content (AvgIpc) is 2.74. The summed E-state index contributed by atoms with van der Waals surface area (Å²) in [5.41, 5.74) is 0. The van der Waals surface area contributed by atoms with E-state index in [1.54, 1.807) is 0 Å². The van der Waals surface area contributed by atoms with E-state index in [0.717, 1.165) is 19.4 Å². The summed E-state index contributed by atoms with van der Waals surface area (Å²) in [5.74, 6) is 0.635. The van der Waals surface area contributed by atoms with E-state index in [9.17, 15) is 0 Å². The second kappa shape index (κ2) is 6.48. The Morgan fingerprint density at radius 1 is 1.19 bits per heavy atom. The lowest BCUT2D eigenvalue weighted by Gasteiger charge is -2.11. The minimum absolute atomic E-state index is 0.106. The SMILES string of the molecule is CCNC(C)c1nnc(NC(CC)CC)o1. The number of nitrogens with one attached hydrogen (secondary N) is 2. The van der Waals surface area contributed by atoms with Crippen LogP contribution in [-0.4, -0.2) is 22.8 Å². The summed E-state index contributed by atoms with van der Waals surface area (Å²) in [5, 5.41) is 14.5. The molecule has 0 fully saturated rings. The van der Waals surface area contributed by atoms with Crippen molar-refractivity contribution in [2.45, 2.75) is 52.6 Å². The third kappa shape index (κ3) is 3.48. The number of hydrogen-bond acceptors (Lipinski definition) is 5. The van der Waals surface area contributed by atoms with Crippen molar-refractivity contribution < 1.29 is 4.42 Å². The Balaban J connectivity index is 2.57. The van der Waals surface area contributed by atoms with Gasteiger partial charge >= 0.3 is 6.01 Å². The van der Waals surface area contributed by atoms with Crippen LogP contribution < -0.4 is 10.6 Å². The van der Waals surface area contributed by atoms with Gasteiger partial charge < -0.3 is 15.1 Å². The first-order chi connectivity index (χ1) is 7.71. The maximum Gasteiger partial charge on any atom is 0.315 e. The minimum atomic E-state index is 0.106. The molecule has 0 saturated carbocycles. The van der Waals surface area contributed by atoms with Crippen molar-refractivity contribution in [3.05, 3.63) is 5.89 Å². The first-order valence-electron chi connectivity index (χ1n) is 6.04. The number of nitrogens with zero attached hydrogens (tertiary/aromatic N) is 2. The molecule has 1 atom stereocenters. The fourth-order valence-corrected chi connectivity index (χ4v) is 1.53. The molecular weight excluding hydrogens is 204 g/mol. The van der Waals surface area contributed by atoms with Crippen LogP contribution in [0.1, 0.15) is 52.5 Å². The second-order valence-corrected chi connectivity index (χ2v) is 3.88. The maximum atomic E-state index is 5.54. The minimum Gasteiger partial charge on any atom is -0.406 e. The molecule has 0 aromatic carbocycles. The van der Waals surface area contributed by atoms with Crippen LogP contribution in [-0.2, 0) is 0 Å². The number of anilines is 1. The third-order valence-corrected chi connectivity index (χ3v) is 2.63. The van der Waals surface area contributed by atoms with E-state index in [0.29, 0.717) is 17.9 Å². The van der Waals surface area contributed by atoms with Gasteiger partial charge in [-0.15, -0.1) is 5.10 Å². The molecule has 5 heteroatoms. The van der Waals surface area contributed by atoms with E-state index in [-0.39, 0.29) is 6.04 Å². The van der Waals surface area contributed by atoms with Gasteiger partial charge in [-0.05, 0) is 26.3 Å². The summed E-state index contributed by atoms with van der Waals surface area (Å²) in [6.45, 7) is 9.23. The Labute approximate surface area is 97.0 Å². The lowest BCUT2D eigenvalue weighted by molar-refractivity contribution is 0.425. The van der Waals surface area contributed by atoms with E-state index in [2.05, 4.69) is 41.6 Å². The third-order valence-electron chi connectivity index (χ3n) is 2.63. The molecule has 0 radical (unpaired) electrons. The quantitative estimate of drug-likeness (QED) is 0.747. The van der Waals surface area contributed by atoms with Gasteiger partial charge in [0, 0.05) is 6.04 Å². The van der Waals surface area contributed by atoms with Crippen LogP contribution in [0.4, 0.5) is 6.01 Å². The van der Waals surface area contributed by atoms with Crippen LogP contribution in [0.3, 0.4) is 0 Å². The second-order valence-electron chi connectivity index (χ2n) is 3.88. The zero-order valence-electron chi connectivity index (χ0n) is 10.6. The van der Waals surface area contributed by atoms with Gasteiger partial charge in [0.15, 0.2) is 0 Å². The standard InChI is InChI=1S/C11H22N4O/c1-5-9(6-2)13-11-15-14-10(16-11)8(4)12-7-3/h8-9,12H,5-7H2,1-4H3,(H,13,15). The summed E-state index contributed by atoms with van der Waals surface area (Å²) in [6, 6.07) is 1.03. The molecule has 0 aliphatic rings. The Morgan fingerprint density at radius 3 is 2.44 bits per heavy atom. The van der Waals surface area contributed by atoms with Crippen molar-refractivity contribution in [3.8, 4) is 0 Å². The lowest BCUT2D eigenvalue weighted by Crippen LogP contribution is -2.18. The molecular formula is C11H22N4O. The van der Waals surface area contributed by atoms with Gasteiger partial charge in [0.05, 0.1) is 6.04 Å².